The molecule has 3 atom stereocenters. The molecular formula is C30H39N5O8S. The molecule has 3 aromatic rings. The molecular weight excluding hydrogens is 590 g/mol. The van der Waals surface area contributed by atoms with E-state index in [0.29, 0.717) is 28.4 Å². The van der Waals surface area contributed by atoms with Crippen LogP contribution in [0.15, 0.2) is 51.9 Å². The first-order valence-electron chi connectivity index (χ1n) is 14.1. The number of fused-ring (bicyclic) bond motifs is 1. The van der Waals surface area contributed by atoms with Crippen LogP contribution >= 0.6 is 0 Å². The second-order valence-corrected chi connectivity index (χ2v) is 12.9. The van der Waals surface area contributed by atoms with Crippen LogP contribution in [0.4, 0.5) is 16.2 Å². The molecule has 0 saturated heterocycles. The molecule has 1 aliphatic rings. The molecule has 3 N–H and O–H groups in total. The number of nitrogens with zero attached hydrogens (tertiary/aromatic N) is 3. The Morgan fingerprint density at radius 3 is 2.45 bits per heavy atom. The lowest BCUT2D eigenvalue weighted by atomic mass is 10.0. The summed E-state index contributed by atoms with van der Waals surface area (Å²) in [4.78, 5) is 27.8. The number of anilines is 2. The van der Waals surface area contributed by atoms with E-state index in [1.165, 1.54) is 11.4 Å². The lowest BCUT2D eigenvalue weighted by Crippen LogP contribution is -2.48. The van der Waals surface area contributed by atoms with E-state index in [1.807, 2.05) is 6.92 Å². The van der Waals surface area contributed by atoms with E-state index < -0.39 is 28.2 Å². The average molecular weight is 630 g/mol. The van der Waals surface area contributed by atoms with Gasteiger partial charge in [0.1, 0.15) is 28.2 Å². The highest BCUT2D eigenvalue weighted by molar-refractivity contribution is 7.89. The standard InChI is InChI=1S/C30H39N5O8S/c1-18-15-35(19(2)17-36)28(37)14-22-13-24(32-30(38)31-23-7-10-25(41-6)11-8-23)9-12-26(22)42-27(18)16-34(5)44(39,40)29-20(3)33-43-21(29)4/h7-13,18-19,27,36H,14-17H2,1-6H3,(H2,31,32,38)/t18-,19+,27+/m1/s1. The molecule has 2 heterocycles. The van der Waals surface area contributed by atoms with Crippen molar-refractivity contribution < 1.29 is 37.1 Å². The third kappa shape index (κ3) is 7.31. The Bertz CT molecular complexity index is 1570. The quantitative estimate of drug-likeness (QED) is 0.322. The third-order valence-electron chi connectivity index (χ3n) is 7.60. The van der Waals surface area contributed by atoms with Crippen molar-refractivity contribution in [3.8, 4) is 11.5 Å². The second kappa shape index (κ2) is 13.7. The number of nitrogens with one attached hydrogen (secondary N) is 2. The lowest BCUT2D eigenvalue weighted by Gasteiger charge is -2.33. The van der Waals surface area contributed by atoms with Crippen molar-refractivity contribution in [2.24, 2.45) is 5.92 Å². The van der Waals surface area contributed by atoms with Gasteiger partial charge in [-0.25, -0.2) is 13.2 Å². The Hall–Kier alpha value is -4.14. The van der Waals surface area contributed by atoms with E-state index in [2.05, 4.69) is 15.8 Å². The largest absolute Gasteiger partial charge is 0.497 e. The van der Waals surface area contributed by atoms with Gasteiger partial charge in [0.25, 0.3) is 0 Å². The number of methoxy groups -OCH3 is 1. The van der Waals surface area contributed by atoms with Gasteiger partial charge in [-0.3, -0.25) is 4.79 Å². The number of carbonyl (C=O) groups excluding carboxylic acids is 2. The number of ether oxygens (including phenoxy) is 2. The first-order chi connectivity index (χ1) is 20.8. The summed E-state index contributed by atoms with van der Waals surface area (Å²) in [6, 6.07) is 10.8. The maximum Gasteiger partial charge on any atom is 0.323 e. The Kier molecular flexibility index (Phi) is 10.2. The third-order valence-corrected chi connectivity index (χ3v) is 9.66. The minimum atomic E-state index is -3.97. The van der Waals surface area contributed by atoms with E-state index in [4.69, 9.17) is 14.0 Å². The Balaban J connectivity index is 1.61. The van der Waals surface area contributed by atoms with Gasteiger partial charge < -0.3 is 34.6 Å². The number of aliphatic hydroxyl groups excluding tert-OH is 1. The summed E-state index contributed by atoms with van der Waals surface area (Å²) < 4.78 is 44.8. The van der Waals surface area contributed by atoms with Gasteiger partial charge in [-0.1, -0.05) is 12.1 Å². The van der Waals surface area contributed by atoms with Crippen LogP contribution in [0.25, 0.3) is 0 Å². The maximum atomic E-state index is 13.5. The highest BCUT2D eigenvalue weighted by Crippen LogP contribution is 2.30. The van der Waals surface area contributed by atoms with Crippen LogP contribution < -0.4 is 20.1 Å². The van der Waals surface area contributed by atoms with Crippen molar-refractivity contribution in [1.29, 1.82) is 0 Å². The van der Waals surface area contributed by atoms with Gasteiger partial charge in [0.05, 0.1) is 32.7 Å². The van der Waals surface area contributed by atoms with Crippen LogP contribution in [-0.2, 0) is 21.2 Å². The van der Waals surface area contributed by atoms with Crippen molar-refractivity contribution in [1.82, 2.24) is 14.4 Å². The number of rotatable bonds is 9. The molecule has 4 rings (SSSR count). The first kappa shape index (κ1) is 32.8. The number of hydrogen-bond donors (Lipinski definition) is 3. The number of aryl methyl sites for hydroxylation is 2. The van der Waals surface area contributed by atoms with Crippen molar-refractivity contribution in [2.75, 3.05) is 44.5 Å². The van der Waals surface area contributed by atoms with Gasteiger partial charge in [-0.05, 0) is 63.2 Å². The van der Waals surface area contributed by atoms with E-state index >= 15 is 0 Å². The Morgan fingerprint density at radius 1 is 1.18 bits per heavy atom. The minimum Gasteiger partial charge on any atom is -0.497 e. The second-order valence-electron chi connectivity index (χ2n) is 11.0. The minimum absolute atomic E-state index is 0.00506. The number of sulfonamides is 1. The van der Waals surface area contributed by atoms with Gasteiger partial charge in [0.15, 0.2) is 5.76 Å². The van der Waals surface area contributed by atoms with Gasteiger partial charge in [0.2, 0.25) is 15.9 Å². The molecule has 1 aromatic heterocycles. The molecule has 0 saturated carbocycles. The Morgan fingerprint density at radius 2 is 1.84 bits per heavy atom. The molecule has 2 aromatic carbocycles. The molecule has 0 unspecified atom stereocenters. The smallest absolute Gasteiger partial charge is 0.323 e. The summed E-state index contributed by atoms with van der Waals surface area (Å²) in [5.41, 5.74) is 1.75. The molecule has 1 aliphatic heterocycles. The summed E-state index contributed by atoms with van der Waals surface area (Å²) in [5, 5.41) is 19.2. The van der Waals surface area contributed by atoms with Gasteiger partial charge in [0, 0.05) is 36.4 Å². The molecule has 14 heteroatoms. The fourth-order valence-corrected chi connectivity index (χ4v) is 6.51. The van der Waals surface area contributed by atoms with Gasteiger partial charge >= 0.3 is 6.03 Å². The van der Waals surface area contributed by atoms with Crippen molar-refractivity contribution in [3.63, 3.8) is 0 Å². The number of urea groups is 1. The van der Waals surface area contributed by atoms with Gasteiger partial charge in [-0.15, -0.1) is 0 Å². The normalized spacial score (nSPS) is 18.0. The topological polar surface area (TPSA) is 164 Å². The van der Waals surface area contributed by atoms with Crippen LogP contribution in [0, 0.1) is 19.8 Å². The number of benzene rings is 2. The number of aromatic nitrogens is 1. The summed E-state index contributed by atoms with van der Waals surface area (Å²) in [6.07, 6.45) is -0.729. The monoisotopic (exact) mass is 629 g/mol. The van der Waals surface area contributed by atoms with Crippen LogP contribution in [0.2, 0.25) is 0 Å². The predicted octanol–water partition coefficient (Wildman–Crippen LogP) is 3.41. The molecule has 0 bridgehead atoms. The van der Waals surface area contributed by atoms with Crippen molar-refractivity contribution >= 4 is 33.3 Å². The fraction of sp³-hybridized carbons (Fsp3) is 0.433. The summed E-state index contributed by atoms with van der Waals surface area (Å²) >= 11 is 0. The highest BCUT2D eigenvalue weighted by atomic mass is 32.2. The zero-order valence-corrected chi connectivity index (χ0v) is 26.5. The highest BCUT2D eigenvalue weighted by Gasteiger charge is 2.35. The van der Waals surface area contributed by atoms with E-state index in [1.54, 1.807) is 75.2 Å². The number of likely N-dealkylation sites (N-methyl/N-ethyl adjacent to an activating group) is 1. The maximum absolute atomic E-state index is 13.5. The van der Waals surface area contributed by atoms with E-state index in [-0.39, 0.29) is 54.3 Å². The van der Waals surface area contributed by atoms with Crippen molar-refractivity contribution in [3.05, 3.63) is 59.5 Å². The lowest BCUT2D eigenvalue weighted by molar-refractivity contribution is -0.134. The average Bonchev–Trinajstić information content (AvgIpc) is 3.35. The molecule has 13 nitrogen and oxygen atoms in total. The number of aliphatic hydroxyl groups is 1. The molecule has 3 amide bonds. The van der Waals surface area contributed by atoms with E-state index in [0.717, 1.165) is 0 Å². The zero-order valence-electron chi connectivity index (χ0n) is 25.7. The molecule has 238 valence electrons. The van der Waals surface area contributed by atoms with Gasteiger partial charge in [-0.2, -0.15) is 4.31 Å². The first-order valence-corrected chi connectivity index (χ1v) is 15.6. The summed E-state index contributed by atoms with van der Waals surface area (Å²) in [7, 11) is -0.956. The molecule has 0 fully saturated rings. The molecule has 0 aliphatic carbocycles. The SMILES string of the molecule is COc1ccc(NC(=O)Nc2ccc3c(c2)CC(=O)N([C@@H](C)CO)C[C@@H](C)[C@H](CN(C)S(=O)(=O)c2c(C)noc2C)O3)cc1. The molecule has 0 spiro atoms. The molecule has 0 radical (unpaired) electrons. The number of carbonyl (C=O) groups is 2. The predicted molar refractivity (Wildman–Crippen MR) is 163 cm³/mol. The fourth-order valence-electron chi connectivity index (χ4n) is 5.04. The summed E-state index contributed by atoms with van der Waals surface area (Å²) in [5.74, 6) is 0.670. The van der Waals surface area contributed by atoms with Crippen LogP contribution in [-0.4, -0.2) is 85.8 Å². The number of amides is 3. The van der Waals surface area contributed by atoms with Crippen LogP contribution in [0.1, 0.15) is 30.9 Å². The van der Waals surface area contributed by atoms with Crippen LogP contribution in [0.5, 0.6) is 11.5 Å². The summed E-state index contributed by atoms with van der Waals surface area (Å²) in [6.45, 7) is 6.67. The van der Waals surface area contributed by atoms with Crippen molar-refractivity contribution in [2.45, 2.75) is 51.2 Å². The van der Waals surface area contributed by atoms with Crippen LogP contribution in [0.3, 0.4) is 0 Å². The zero-order chi connectivity index (χ0) is 32.2. The number of hydrogen-bond acceptors (Lipinski definition) is 9. The molecule has 44 heavy (non-hydrogen) atoms. The van der Waals surface area contributed by atoms with E-state index in [9.17, 15) is 23.1 Å². The Labute approximate surface area is 257 Å².